The molecule has 0 aromatic heterocycles. The number of nitrogens with two attached hydrogens (primary N) is 1. The third-order valence-corrected chi connectivity index (χ3v) is 2.34. The summed E-state index contributed by atoms with van der Waals surface area (Å²) >= 11 is 0. The van der Waals surface area contributed by atoms with E-state index in [0.717, 1.165) is 13.0 Å². The summed E-state index contributed by atoms with van der Waals surface area (Å²) in [5.41, 5.74) is 6.95. The van der Waals surface area contributed by atoms with Crippen LogP contribution in [0.25, 0.3) is 0 Å². The first-order valence-corrected chi connectivity index (χ1v) is 4.76. The van der Waals surface area contributed by atoms with Crippen LogP contribution in [-0.4, -0.2) is 19.3 Å². The molecule has 0 aromatic carbocycles. The fourth-order valence-electron chi connectivity index (χ4n) is 1.47. The summed E-state index contributed by atoms with van der Waals surface area (Å²) in [6.45, 7) is 5.93. The van der Waals surface area contributed by atoms with Crippen LogP contribution < -0.4 is 5.73 Å². The lowest BCUT2D eigenvalue weighted by molar-refractivity contribution is 0.144. The first-order valence-electron chi connectivity index (χ1n) is 4.76. The van der Waals surface area contributed by atoms with E-state index >= 15 is 0 Å². The first kappa shape index (κ1) is 9.75. The SMILES string of the molecule is CC(C)/C(=C\C1CCCO1)CN. The molecule has 1 atom stereocenters. The van der Waals surface area contributed by atoms with Crippen molar-refractivity contribution in [2.45, 2.75) is 32.8 Å². The van der Waals surface area contributed by atoms with Crippen molar-refractivity contribution in [3.8, 4) is 0 Å². The van der Waals surface area contributed by atoms with E-state index in [4.69, 9.17) is 10.5 Å². The highest BCUT2D eigenvalue weighted by Gasteiger charge is 2.14. The average molecular weight is 169 g/mol. The number of hydrogen-bond acceptors (Lipinski definition) is 2. The number of hydrogen-bond donors (Lipinski definition) is 1. The molecule has 0 radical (unpaired) electrons. The van der Waals surface area contributed by atoms with E-state index in [9.17, 15) is 0 Å². The molecule has 1 unspecified atom stereocenters. The van der Waals surface area contributed by atoms with Crippen LogP contribution in [0.15, 0.2) is 11.6 Å². The first-order chi connectivity index (χ1) is 5.74. The summed E-state index contributed by atoms with van der Waals surface area (Å²) in [7, 11) is 0. The molecule has 1 aliphatic heterocycles. The van der Waals surface area contributed by atoms with Gasteiger partial charge in [-0.2, -0.15) is 0 Å². The molecule has 70 valence electrons. The molecule has 1 aliphatic rings. The smallest absolute Gasteiger partial charge is 0.0759 e. The topological polar surface area (TPSA) is 35.2 Å². The average Bonchev–Trinajstić information content (AvgIpc) is 2.51. The molecule has 0 bridgehead atoms. The van der Waals surface area contributed by atoms with Crippen molar-refractivity contribution < 1.29 is 4.74 Å². The molecule has 1 saturated heterocycles. The van der Waals surface area contributed by atoms with Crippen LogP contribution in [0.5, 0.6) is 0 Å². The zero-order valence-corrected chi connectivity index (χ0v) is 8.05. The Hall–Kier alpha value is -0.340. The zero-order valence-electron chi connectivity index (χ0n) is 8.05. The summed E-state index contributed by atoms with van der Waals surface area (Å²) in [5.74, 6) is 0.555. The minimum absolute atomic E-state index is 0.339. The maximum Gasteiger partial charge on any atom is 0.0759 e. The molecule has 2 N–H and O–H groups in total. The predicted molar refractivity (Wildman–Crippen MR) is 50.9 cm³/mol. The van der Waals surface area contributed by atoms with Gasteiger partial charge in [-0.3, -0.25) is 0 Å². The molecule has 1 fully saturated rings. The van der Waals surface area contributed by atoms with Crippen LogP contribution >= 0.6 is 0 Å². The minimum atomic E-state index is 0.339. The van der Waals surface area contributed by atoms with Crippen LogP contribution in [0.1, 0.15) is 26.7 Å². The van der Waals surface area contributed by atoms with Gasteiger partial charge in [-0.1, -0.05) is 25.5 Å². The number of ether oxygens (including phenoxy) is 1. The van der Waals surface area contributed by atoms with Crippen LogP contribution in [0, 0.1) is 5.92 Å². The van der Waals surface area contributed by atoms with E-state index in [1.165, 1.54) is 12.0 Å². The Morgan fingerprint density at radius 2 is 2.42 bits per heavy atom. The second-order valence-corrected chi connectivity index (χ2v) is 3.65. The summed E-state index contributed by atoms with van der Waals surface area (Å²) < 4.78 is 5.50. The molecular weight excluding hydrogens is 150 g/mol. The molecule has 0 aromatic rings. The predicted octanol–water partition coefficient (Wildman–Crippen LogP) is 1.71. The van der Waals surface area contributed by atoms with Crippen molar-refractivity contribution in [2.75, 3.05) is 13.2 Å². The lowest BCUT2D eigenvalue weighted by atomic mass is 10.0. The van der Waals surface area contributed by atoms with Gasteiger partial charge in [0.2, 0.25) is 0 Å². The van der Waals surface area contributed by atoms with Gasteiger partial charge in [-0.15, -0.1) is 0 Å². The van der Waals surface area contributed by atoms with E-state index in [0.29, 0.717) is 18.6 Å². The third-order valence-electron chi connectivity index (χ3n) is 2.34. The van der Waals surface area contributed by atoms with Crippen LogP contribution in [0.2, 0.25) is 0 Å². The largest absolute Gasteiger partial charge is 0.374 e. The van der Waals surface area contributed by atoms with Crippen LogP contribution in [0.4, 0.5) is 0 Å². The van der Waals surface area contributed by atoms with E-state index in [1.54, 1.807) is 0 Å². The Labute approximate surface area is 74.8 Å². The Kier molecular flexibility index (Phi) is 3.76. The van der Waals surface area contributed by atoms with E-state index < -0.39 is 0 Å². The fourth-order valence-corrected chi connectivity index (χ4v) is 1.47. The molecule has 0 saturated carbocycles. The van der Waals surface area contributed by atoms with Gasteiger partial charge in [0.1, 0.15) is 0 Å². The van der Waals surface area contributed by atoms with Gasteiger partial charge < -0.3 is 10.5 Å². The number of rotatable bonds is 3. The van der Waals surface area contributed by atoms with Gasteiger partial charge in [0, 0.05) is 13.2 Å². The molecule has 0 spiro atoms. The summed E-state index contributed by atoms with van der Waals surface area (Å²) in [6, 6.07) is 0. The van der Waals surface area contributed by atoms with Gasteiger partial charge in [0.05, 0.1) is 6.10 Å². The normalized spacial score (nSPS) is 25.3. The summed E-state index contributed by atoms with van der Waals surface area (Å²) in [5, 5.41) is 0. The van der Waals surface area contributed by atoms with Crippen molar-refractivity contribution in [3.63, 3.8) is 0 Å². The highest BCUT2D eigenvalue weighted by Crippen LogP contribution is 2.17. The third kappa shape index (κ3) is 2.61. The van der Waals surface area contributed by atoms with Gasteiger partial charge in [0.15, 0.2) is 0 Å². The highest BCUT2D eigenvalue weighted by atomic mass is 16.5. The molecule has 2 heteroatoms. The monoisotopic (exact) mass is 169 g/mol. The van der Waals surface area contributed by atoms with Crippen molar-refractivity contribution >= 4 is 0 Å². The Morgan fingerprint density at radius 3 is 2.83 bits per heavy atom. The molecule has 0 aliphatic carbocycles. The van der Waals surface area contributed by atoms with Crippen molar-refractivity contribution in [2.24, 2.45) is 11.7 Å². The summed E-state index contributed by atoms with van der Waals surface area (Å²) in [4.78, 5) is 0. The maximum atomic E-state index is 5.63. The maximum absolute atomic E-state index is 5.63. The van der Waals surface area contributed by atoms with Crippen LogP contribution in [0.3, 0.4) is 0 Å². The molecular formula is C10H19NO. The van der Waals surface area contributed by atoms with Gasteiger partial charge in [0.25, 0.3) is 0 Å². The van der Waals surface area contributed by atoms with E-state index in [1.807, 2.05) is 0 Å². The lowest BCUT2D eigenvalue weighted by Gasteiger charge is -2.11. The van der Waals surface area contributed by atoms with Crippen molar-refractivity contribution in [3.05, 3.63) is 11.6 Å². The van der Waals surface area contributed by atoms with Crippen LogP contribution in [-0.2, 0) is 4.74 Å². The second kappa shape index (κ2) is 4.63. The quantitative estimate of drug-likeness (QED) is 0.653. The Morgan fingerprint density at radius 1 is 1.67 bits per heavy atom. The van der Waals surface area contributed by atoms with Gasteiger partial charge >= 0.3 is 0 Å². The van der Waals surface area contributed by atoms with Gasteiger partial charge in [-0.25, -0.2) is 0 Å². The Bertz CT molecular complexity index is 157. The molecule has 1 heterocycles. The standard InChI is InChI=1S/C10H19NO/c1-8(2)9(7-11)6-10-4-3-5-12-10/h6,8,10H,3-5,7,11H2,1-2H3/b9-6-. The molecule has 1 rings (SSSR count). The van der Waals surface area contributed by atoms with Crippen molar-refractivity contribution in [1.29, 1.82) is 0 Å². The Balaban J connectivity index is 2.50. The highest BCUT2D eigenvalue weighted by molar-refractivity contribution is 5.09. The second-order valence-electron chi connectivity index (χ2n) is 3.65. The molecule has 12 heavy (non-hydrogen) atoms. The zero-order chi connectivity index (χ0) is 8.97. The summed E-state index contributed by atoms with van der Waals surface area (Å²) in [6.07, 6.45) is 4.90. The van der Waals surface area contributed by atoms with Gasteiger partial charge in [-0.05, 0) is 18.8 Å². The fraction of sp³-hybridized carbons (Fsp3) is 0.800. The lowest BCUT2D eigenvalue weighted by Crippen LogP contribution is -2.12. The van der Waals surface area contributed by atoms with E-state index in [-0.39, 0.29) is 0 Å². The molecule has 2 nitrogen and oxygen atoms in total. The minimum Gasteiger partial charge on any atom is -0.374 e. The molecule has 0 amide bonds. The van der Waals surface area contributed by atoms with E-state index in [2.05, 4.69) is 19.9 Å². The van der Waals surface area contributed by atoms with Crippen molar-refractivity contribution in [1.82, 2.24) is 0 Å².